The van der Waals surface area contributed by atoms with Crippen LogP contribution in [0.2, 0.25) is 0 Å². The highest BCUT2D eigenvalue weighted by Gasteiger charge is 2.26. The van der Waals surface area contributed by atoms with E-state index in [1.807, 2.05) is 6.92 Å². The van der Waals surface area contributed by atoms with E-state index in [0.717, 1.165) is 6.42 Å². The van der Waals surface area contributed by atoms with Gasteiger partial charge in [-0.3, -0.25) is 9.59 Å². The van der Waals surface area contributed by atoms with Crippen LogP contribution in [0.3, 0.4) is 0 Å². The third-order valence-electron chi connectivity index (χ3n) is 4.54. The molecule has 1 aromatic carbocycles. The Morgan fingerprint density at radius 3 is 2.31 bits per heavy atom. The highest BCUT2D eigenvalue weighted by Crippen LogP contribution is 2.14. The summed E-state index contributed by atoms with van der Waals surface area (Å²) < 4.78 is 15.7. The Morgan fingerprint density at radius 1 is 1.00 bits per heavy atom. The van der Waals surface area contributed by atoms with Gasteiger partial charge in [-0.15, -0.1) is 0 Å². The highest BCUT2D eigenvalue weighted by atomic mass is 16.5. The number of hydrogen-bond acceptors (Lipinski definition) is 6. The number of furan rings is 1. The molecule has 1 aliphatic rings. The predicted octanol–water partition coefficient (Wildman–Crippen LogP) is 2.21. The van der Waals surface area contributed by atoms with E-state index in [2.05, 4.69) is 0 Å². The van der Waals surface area contributed by atoms with Crippen molar-refractivity contribution >= 4 is 17.8 Å². The number of amides is 2. The quantitative estimate of drug-likeness (QED) is 0.662. The first-order valence-corrected chi connectivity index (χ1v) is 9.59. The van der Waals surface area contributed by atoms with Crippen molar-refractivity contribution in [3.8, 4) is 5.75 Å². The first kappa shape index (κ1) is 20.4. The van der Waals surface area contributed by atoms with E-state index in [1.54, 1.807) is 46.2 Å². The van der Waals surface area contributed by atoms with Crippen molar-refractivity contribution in [3.05, 3.63) is 54.0 Å². The fraction of sp³-hybridized carbons (Fsp3) is 0.381. The van der Waals surface area contributed by atoms with Crippen LogP contribution >= 0.6 is 0 Å². The molecular weight excluding hydrogens is 376 g/mol. The number of esters is 1. The van der Waals surface area contributed by atoms with E-state index < -0.39 is 5.97 Å². The van der Waals surface area contributed by atoms with Crippen LogP contribution < -0.4 is 4.74 Å². The molecule has 1 fully saturated rings. The Morgan fingerprint density at radius 2 is 1.69 bits per heavy atom. The Hall–Kier alpha value is -3.29. The van der Waals surface area contributed by atoms with Gasteiger partial charge in [0.05, 0.1) is 18.4 Å². The van der Waals surface area contributed by atoms with E-state index in [4.69, 9.17) is 13.9 Å². The minimum atomic E-state index is -0.563. The molecule has 1 saturated heterocycles. The Bertz CT molecular complexity index is 823. The minimum absolute atomic E-state index is 0.195. The second kappa shape index (κ2) is 9.77. The average Bonchev–Trinajstić information content (AvgIpc) is 3.30. The zero-order valence-electron chi connectivity index (χ0n) is 16.3. The van der Waals surface area contributed by atoms with Gasteiger partial charge in [0.15, 0.2) is 12.4 Å². The molecule has 8 heteroatoms. The van der Waals surface area contributed by atoms with Crippen molar-refractivity contribution in [2.75, 3.05) is 39.4 Å². The molecule has 0 N–H and O–H groups in total. The molecule has 0 bridgehead atoms. The molecule has 0 unspecified atom stereocenters. The summed E-state index contributed by atoms with van der Waals surface area (Å²) in [6, 6.07) is 9.88. The van der Waals surface area contributed by atoms with Crippen LogP contribution in [-0.4, -0.2) is 67.0 Å². The predicted molar refractivity (Wildman–Crippen MR) is 104 cm³/mol. The van der Waals surface area contributed by atoms with Gasteiger partial charge in [0.1, 0.15) is 5.75 Å². The van der Waals surface area contributed by atoms with Gasteiger partial charge in [-0.1, -0.05) is 6.92 Å². The summed E-state index contributed by atoms with van der Waals surface area (Å²) >= 11 is 0. The van der Waals surface area contributed by atoms with Crippen LogP contribution in [-0.2, 0) is 9.53 Å². The van der Waals surface area contributed by atoms with Gasteiger partial charge in [0, 0.05) is 26.2 Å². The van der Waals surface area contributed by atoms with Gasteiger partial charge in [0.2, 0.25) is 0 Å². The summed E-state index contributed by atoms with van der Waals surface area (Å²) in [6.45, 7) is 3.85. The number of carbonyl (C=O) groups is 3. The molecule has 0 spiro atoms. The number of rotatable bonds is 7. The molecule has 0 aliphatic carbocycles. The molecule has 0 radical (unpaired) electrons. The van der Waals surface area contributed by atoms with Gasteiger partial charge in [-0.2, -0.15) is 0 Å². The minimum Gasteiger partial charge on any atom is -0.494 e. The normalized spacial score (nSPS) is 13.8. The first-order valence-electron chi connectivity index (χ1n) is 9.59. The molecule has 2 aromatic rings. The van der Waals surface area contributed by atoms with Crippen molar-refractivity contribution in [3.63, 3.8) is 0 Å². The van der Waals surface area contributed by atoms with Crippen molar-refractivity contribution in [1.29, 1.82) is 0 Å². The highest BCUT2D eigenvalue weighted by molar-refractivity contribution is 5.92. The Kier molecular flexibility index (Phi) is 6.89. The maximum Gasteiger partial charge on any atom is 0.338 e. The van der Waals surface area contributed by atoms with Gasteiger partial charge in [0.25, 0.3) is 11.8 Å². The lowest BCUT2D eigenvalue weighted by Gasteiger charge is -2.34. The van der Waals surface area contributed by atoms with Crippen LogP contribution in [0, 0.1) is 0 Å². The van der Waals surface area contributed by atoms with Crippen LogP contribution in [0.25, 0.3) is 0 Å². The van der Waals surface area contributed by atoms with Crippen LogP contribution in [0.1, 0.15) is 34.3 Å². The van der Waals surface area contributed by atoms with E-state index >= 15 is 0 Å². The van der Waals surface area contributed by atoms with E-state index in [1.165, 1.54) is 6.26 Å². The molecule has 8 nitrogen and oxygen atoms in total. The summed E-state index contributed by atoms with van der Waals surface area (Å²) in [5, 5.41) is 0. The lowest BCUT2D eigenvalue weighted by atomic mass is 10.2. The lowest BCUT2D eigenvalue weighted by Crippen LogP contribution is -2.51. The summed E-state index contributed by atoms with van der Waals surface area (Å²) in [5.74, 6) is -0.0791. The second-order valence-corrected chi connectivity index (χ2v) is 6.60. The fourth-order valence-corrected chi connectivity index (χ4v) is 2.92. The van der Waals surface area contributed by atoms with Crippen LogP contribution in [0.4, 0.5) is 0 Å². The third-order valence-corrected chi connectivity index (χ3v) is 4.54. The largest absolute Gasteiger partial charge is 0.494 e. The molecule has 3 rings (SSSR count). The molecule has 0 saturated carbocycles. The number of carbonyl (C=O) groups excluding carboxylic acids is 3. The summed E-state index contributed by atoms with van der Waals surface area (Å²) in [6.07, 6.45) is 2.35. The average molecular weight is 400 g/mol. The Balaban J connectivity index is 1.43. The zero-order chi connectivity index (χ0) is 20.6. The van der Waals surface area contributed by atoms with Gasteiger partial charge in [-0.25, -0.2) is 4.79 Å². The fourth-order valence-electron chi connectivity index (χ4n) is 2.92. The summed E-state index contributed by atoms with van der Waals surface area (Å²) in [5.41, 5.74) is 0.357. The molecule has 1 aliphatic heterocycles. The van der Waals surface area contributed by atoms with Crippen molar-refractivity contribution in [1.82, 2.24) is 9.80 Å². The second-order valence-electron chi connectivity index (χ2n) is 6.60. The molecule has 2 heterocycles. The zero-order valence-corrected chi connectivity index (χ0v) is 16.3. The lowest BCUT2D eigenvalue weighted by molar-refractivity contribution is -0.136. The maximum absolute atomic E-state index is 12.3. The van der Waals surface area contributed by atoms with E-state index in [-0.39, 0.29) is 24.2 Å². The standard InChI is InChI=1S/C21H24N2O6/c1-2-13-27-17-7-5-16(6-8-17)21(26)29-15-19(24)22-9-11-23(12-10-22)20(25)18-4-3-14-28-18/h3-8,14H,2,9-13,15H2,1H3. The monoisotopic (exact) mass is 400 g/mol. The van der Waals surface area contributed by atoms with Gasteiger partial charge in [-0.05, 0) is 42.8 Å². The smallest absolute Gasteiger partial charge is 0.338 e. The molecule has 1 aromatic heterocycles. The first-order chi connectivity index (χ1) is 14.1. The topological polar surface area (TPSA) is 89.3 Å². The summed E-state index contributed by atoms with van der Waals surface area (Å²) in [7, 11) is 0. The molecule has 29 heavy (non-hydrogen) atoms. The van der Waals surface area contributed by atoms with Crippen molar-refractivity contribution in [2.45, 2.75) is 13.3 Å². The summed E-state index contributed by atoms with van der Waals surface area (Å²) in [4.78, 5) is 39.9. The van der Waals surface area contributed by atoms with Crippen LogP contribution in [0.15, 0.2) is 47.1 Å². The van der Waals surface area contributed by atoms with E-state index in [0.29, 0.717) is 44.1 Å². The number of ether oxygens (including phenoxy) is 2. The molecule has 154 valence electrons. The van der Waals surface area contributed by atoms with Crippen molar-refractivity contribution in [2.24, 2.45) is 0 Å². The van der Waals surface area contributed by atoms with E-state index in [9.17, 15) is 14.4 Å². The van der Waals surface area contributed by atoms with Gasteiger partial charge >= 0.3 is 5.97 Å². The SMILES string of the molecule is CCCOc1ccc(C(=O)OCC(=O)N2CCN(C(=O)c3ccco3)CC2)cc1. The van der Waals surface area contributed by atoms with Crippen molar-refractivity contribution < 1.29 is 28.3 Å². The maximum atomic E-state index is 12.3. The number of piperazine rings is 1. The number of hydrogen-bond donors (Lipinski definition) is 0. The van der Waals surface area contributed by atoms with Crippen LogP contribution in [0.5, 0.6) is 5.75 Å². The number of nitrogens with zero attached hydrogens (tertiary/aromatic N) is 2. The molecular formula is C21H24N2O6. The molecule has 0 atom stereocenters. The Labute approximate surface area is 169 Å². The number of benzene rings is 1. The van der Waals surface area contributed by atoms with Gasteiger partial charge < -0.3 is 23.7 Å². The third kappa shape index (κ3) is 5.37. The molecule has 2 amide bonds.